The van der Waals surface area contributed by atoms with E-state index in [2.05, 4.69) is 28.3 Å². The molecule has 0 saturated heterocycles. The molecule has 0 radical (unpaired) electrons. The van der Waals surface area contributed by atoms with Crippen LogP contribution in [0.15, 0.2) is 36.7 Å². The fourth-order valence-corrected chi connectivity index (χ4v) is 4.12. The number of hydrogen-bond donors (Lipinski definition) is 3. The number of aryl methyl sites for hydroxylation is 1. The van der Waals surface area contributed by atoms with Gasteiger partial charge in [-0.25, -0.2) is 0 Å². The van der Waals surface area contributed by atoms with Gasteiger partial charge in [0.2, 0.25) is 0 Å². The molecule has 0 amide bonds. The van der Waals surface area contributed by atoms with Crippen LogP contribution in [0.25, 0.3) is 10.2 Å². The Bertz CT molecular complexity index is 857. The van der Waals surface area contributed by atoms with Crippen molar-refractivity contribution in [3.8, 4) is 0 Å². The molecule has 3 N–H and O–H groups in total. The molecule has 22 heavy (non-hydrogen) atoms. The normalized spacial score (nSPS) is 11.8. The van der Waals surface area contributed by atoms with Crippen LogP contribution in [0, 0.1) is 0 Å². The monoisotopic (exact) mass is 379 g/mol. The van der Waals surface area contributed by atoms with Crippen molar-refractivity contribution in [2.45, 2.75) is 13.3 Å². The third-order valence-electron chi connectivity index (χ3n) is 3.20. The van der Waals surface area contributed by atoms with Crippen LogP contribution in [0.1, 0.15) is 11.8 Å². The number of nitrogens with one attached hydrogen (secondary N) is 1. The summed E-state index contributed by atoms with van der Waals surface area (Å²) in [6, 6.07) is 8.21. The van der Waals surface area contributed by atoms with Gasteiger partial charge in [0.15, 0.2) is 0 Å². The molecule has 2 aromatic heterocycles. The van der Waals surface area contributed by atoms with Crippen molar-refractivity contribution in [2.75, 3.05) is 5.32 Å². The Labute approximate surface area is 133 Å². The van der Waals surface area contributed by atoms with E-state index in [-0.39, 0.29) is 4.35 Å². The van der Waals surface area contributed by atoms with E-state index in [9.17, 15) is 11.9 Å². The summed E-state index contributed by atoms with van der Waals surface area (Å²) in [4.78, 5) is 10.7. The van der Waals surface area contributed by atoms with Gasteiger partial charge < -0.3 is 0 Å². The van der Waals surface area contributed by atoms with Gasteiger partial charge in [-0.2, -0.15) is 0 Å². The molecule has 0 bridgehead atoms. The molecule has 8 heteroatoms. The minimum atomic E-state index is -4.83. The first-order valence-electron chi connectivity index (χ1n) is 6.64. The Balaban J connectivity index is 1.93. The molecule has 0 atom stereocenters. The number of nitrogens with zero attached hydrogens (tertiary/aromatic N) is 2. The number of hydrogen-bond acceptors (Lipinski definition) is 5. The van der Waals surface area contributed by atoms with Crippen LogP contribution in [0.3, 0.4) is 0 Å². The van der Waals surface area contributed by atoms with E-state index in [4.69, 9.17) is 0 Å². The van der Waals surface area contributed by atoms with Crippen LogP contribution >= 0.6 is 11.3 Å². The number of benzene rings is 1. The molecule has 0 fully saturated rings. The molecule has 3 rings (SSSR count). The van der Waals surface area contributed by atoms with E-state index in [0.717, 1.165) is 22.3 Å². The van der Waals surface area contributed by atoms with Crippen LogP contribution in [0.5, 0.6) is 0 Å². The van der Waals surface area contributed by atoms with Crippen molar-refractivity contribution in [1.29, 1.82) is 0 Å². The second kappa shape index (κ2) is 5.85. The number of fused-ring (bicyclic) bond motifs is 1. The predicted octanol–water partition coefficient (Wildman–Crippen LogP) is 1.56. The zero-order valence-electron chi connectivity index (χ0n) is 11.7. The van der Waals surface area contributed by atoms with Gasteiger partial charge in [0, 0.05) is 0 Å². The molecule has 114 valence electrons. The Kier molecular flexibility index (Phi) is 4.05. The quantitative estimate of drug-likeness (QED) is 0.596. The Morgan fingerprint density at radius 2 is 1.95 bits per heavy atom. The average Bonchev–Trinajstić information content (AvgIpc) is 2.91. The molecule has 2 heterocycles. The summed E-state index contributed by atoms with van der Waals surface area (Å²) in [5, 5.41) is 4.12. The standard InChI is InChI=1S/C14H14AsN3O3S/c1-2-11-7-12-13(16-8-17-14(12)22-11)18-10-5-3-9(4-6-10)15(19,20)21/h3-8H,2H2,1H3,(H,16,17,18)(H2,19,20,21). The molecular weight excluding hydrogens is 365 g/mol. The van der Waals surface area contributed by atoms with Crippen molar-refractivity contribution in [1.82, 2.24) is 9.97 Å². The van der Waals surface area contributed by atoms with Crippen molar-refractivity contribution in [3.05, 3.63) is 41.5 Å². The van der Waals surface area contributed by atoms with E-state index in [1.807, 2.05) is 0 Å². The zero-order valence-corrected chi connectivity index (χ0v) is 14.4. The molecule has 0 aliphatic rings. The molecule has 6 nitrogen and oxygen atoms in total. The maximum absolute atomic E-state index is 11.2. The average molecular weight is 379 g/mol. The molecule has 3 aromatic rings. The summed E-state index contributed by atoms with van der Waals surface area (Å²) < 4.78 is 29.6. The summed E-state index contributed by atoms with van der Waals surface area (Å²) in [5.74, 6) is 0.690. The second-order valence-corrected chi connectivity index (χ2v) is 9.20. The van der Waals surface area contributed by atoms with Crippen molar-refractivity contribution in [3.63, 3.8) is 0 Å². The van der Waals surface area contributed by atoms with E-state index >= 15 is 0 Å². The number of aromatic nitrogens is 2. The molecule has 0 aliphatic heterocycles. The summed E-state index contributed by atoms with van der Waals surface area (Å²) in [6.07, 6.45) is 2.45. The fraction of sp³-hybridized carbons (Fsp3) is 0.143. The summed E-state index contributed by atoms with van der Waals surface area (Å²) in [6.45, 7) is 2.09. The van der Waals surface area contributed by atoms with Crippen LogP contribution in [-0.2, 0) is 10.2 Å². The molecule has 0 aliphatic carbocycles. The van der Waals surface area contributed by atoms with Crippen molar-refractivity contribution in [2.24, 2.45) is 0 Å². The number of rotatable bonds is 4. The van der Waals surface area contributed by atoms with Crippen LogP contribution in [-0.4, -0.2) is 32.3 Å². The van der Waals surface area contributed by atoms with Gasteiger partial charge in [-0.3, -0.25) is 0 Å². The van der Waals surface area contributed by atoms with Crippen molar-refractivity contribution >= 4 is 51.6 Å². The van der Waals surface area contributed by atoms with Gasteiger partial charge >= 0.3 is 134 Å². The first kappa shape index (κ1) is 15.2. The number of thiophene rings is 1. The summed E-state index contributed by atoms with van der Waals surface area (Å²) in [5.41, 5.74) is 0.719. The van der Waals surface area contributed by atoms with E-state index in [1.165, 1.54) is 23.3 Å². The fourth-order valence-electron chi connectivity index (χ4n) is 2.05. The van der Waals surface area contributed by atoms with Crippen LogP contribution < -0.4 is 9.67 Å². The zero-order chi connectivity index (χ0) is 15.7. The number of anilines is 2. The van der Waals surface area contributed by atoms with Crippen molar-refractivity contribution < 1.29 is 11.9 Å². The van der Waals surface area contributed by atoms with Crippen LogP contribution in [0.2, 0.25) is 0 Å². The van der Waals surface area contributed by atoms with Gasteiger partial charge in [-0.05, 0) is 0 Å². The summed E-state index contributed by atoms with van der Waals surface area (Å²) >= 11 is -3.20. The topological polar surface area (TPSA) is 95.3 Å². The maximum atomic E-state index is 11.2. The van der Waals surface area contributed by atoms with E-state index < -0.39 is 14.2 Å². The second-order valence-electron chi connectivity index (χ2n) is 4.72. The Morgan fingerprint density at radius 1 is 1.23 bits per heavy atom. The minimum absolute atomic E-state index is 0.0558. The van der Waals surface area contributed by atoms with Crippen LogP contribution in [0.4, 0.5) is 11.5 Å². The molecule has 1 aromatic carbocycles. The van der Waals surface area contributed by atoms with E-state index in [0.29, 0.717) is 5.82 Å². The third-order valence-corrected chi connectivity index (χ3v) is 6.42. The van der Waals surface area contributed by atoms with Gasteiger partial charge in [0.05, 0.1) is 0 Å². The SMILES string of the molecule is CCc1cc2c(Nc3ccc([As](=O)(O)O)cc3)ncnc2s1. The summed E-state index contributed by atoms with van der Waals surface area (Å²) in [7, 11) is 0. The Morgan fingerprint density at radius 3 is 2.59 bits per heavy atom. The van der Waals surface area contributed by atoms with Gasteiger partial charge in [-0.1, -0.05) is 0 Å². The van der Waals surface area contributed by atoms with Gasteiger partial charge in [0.1, 0.15) is 0 Å². The van der Waals surface area contributed by atoms with E-state index in [1.54, 1.807) is 23.5 Å². The van der Waals surface area contributed by atoms with Gasteiger partial charge in [0.25, 0.3) is 0 Å². The third kappa shape index (κ3) is 3.08. The predicted molar refractivity (Wildman–Crippen MR) is 87.0 cm³/mol. The molecule has 0 saturated carbocycles. The first-order valence-corrected chi connectivity index (χ1v) is 10.8. The molecule has 0 spiro atoms. The Hall–Kier alpha value is -1.66. The van der Waals surface area contributed by atoms with Gasteiger partial charge in [-0.15, -0.1) is 0 Å². The molecule has 0 unspecified atom stereocenters. The molecular formula is C14H14AsN3O3S. The first-order chi connectivity index (χ1) is 10.5.